The Bertz CT molecular complexity index is 228. The summed E-state index contributed by atoms with van der Waals surface area (Å²) in [6.45, 7) is 1.54. The van der Waals surface area contributed by atoms with Gasteiger partial charge in [0.2, 0.25) is 5.91 Å². The second-order valence-corrected chi connectivity index (χ2v) is 3.83. The number of carbonyl (C=O) groups excluding carboxylic acids is 1. The number of likely N-dealkylation sites (N-methyl/N-ethyl adjacent to an activating group) is 1. The molecule has 0 N–H and O–H groups in total. The zero-order valence-electron chi connectivity index (χ0n) is 8.74. The van der Waals surface area contributed by atoms with Gasteiger partial charge < -0.3 is 9.80 Å². The Morgan fingerprint density at radius 2 is 2.36 bits per heavy atom. The van der Waals surface area contributed by atoms with Gasteiger partial charge in [0.1, 0.15) is 6.17 Å². The molecule has 14 heavy (non-hydrogen) atoms. The number of nitrogens with zero attached hydrogens (tertiary/aromatic N) is 2. The van der Waals surface area contributed by atoms with E-state index in [-0.39, 0.29) is 12.5 Å². The van der Waals surface area contributed by atoms with Crippen molar-refractivity contribution in [2.45, 2.75) is 12.6 Å². The van der Waals surface area contributed by atoms with Crippen molar-refractivity contribution in [3.63, 3.8) is 0 Å². The minimum absolute atomic E-state index is 0.0769. The molecule has 0 aromatic heterocycles. The molecule has 0 radical (unpaired) electrons. The summed E-state index contributed by atoms with van der Waals surface area (Å²) in [6, 6.07) is 0. The van der Waals surface area contributed by atoms with Crippen LogP contribution in [0.25, 0.3) is 0 Å². The predicted molar refractivity (Wildman–Crippen MR) is 53.8 cm³/mol. The SMILES string of the molecule is CN(C)C/C=C/C(=O)N1CCC(F)C1. The average Bonchev–Trinajstić information content (AvgIpc) is 2.51. The molecule has 1 heterocycles. The minimum atomic E-state index is -0.832. The first-order valence-electron chi connectivity index (χ1n) is 4.84. The summed E-state index contributed by atoms with van der Waals surface area (Å²) in [5, 5.41) is 0. The van der Waals surface area contributed by atoms with Gasteiger partial charge in [-0.05, 0) is 20.5 Å². The van der Waals surface area contributed by atoms with Crippen molar-refractivity contribution < 1.29 is 9.18 Å². The van der Waals surface area contributed by atoms with Gasteiger partial charge in [-0.3, -0.25) is 4.79 Å². The van der Waals surface area contributed by atoms with E-state index in [9.17, 15) is 9.18 Å². The molecule has 1 unspecified atom stereocenters. The molecule has 0 aliphatic carbocycles. The lowest BCUT2D eigenvalue weighted by molar-refractivity contribution is -0.125. The lowest BCUT2D eigenvalue weighted by atomic mass is 10.3. The van der Waals surface area contributed by atoms with Crippen LogP contribution in [0.15, 0.2) is 12.2 Å². The zero-order valence-corrected chi connectivity index (χ0v) is 8.74. The molecule has 0 saturated carbocycles. The summed E-state index contributed by atoms with van der Waals surface area (Å²) in [5.41, 5.74) is 0. The third-order valence-corrected chi connectivity index (χ3v) is 2.17. The third kappa shape index (κ3) is 3.46. The van der Waals surface area contributed by atoms with E-state index in [2.05, 4.69) is 0 Å². The Hall–Kier alpha value is -0.900. The molecule has 1 rings (SSSR count). The number of hydrogen-bond acceptors (Lipinski definition) is 2. The van der Waals surface area contributed by atoms with Gasteiger partial charge in [0, 0.05) is 19.2 Å². The maximum atomic E-state index is 12.8. The molecule has 1 amide bonds. The molecule has 3 nitrogen and oxygen atoms in total. The van der Waals surface area contributed by atoms with Crippen molar-refractivity contribution in [1.29, 1.82) is 0 Å². The molecule has 80 valence electrons. The number of likely N-dealkylation sites (tertiary alicyclic amines) is 1. The van der Waals surface area contributed by atoms with E-state index in [0.717, 1.165) is 6.54 Å². The van der Waals surface area contributed by atoms with Crippen LogP contribution in [0.1, 0.15) is 6.42 Å². The van der Waals surface area contributed by atoms with E-state index in [4.69, 9.17) is 0 Å². The summed E-state index contributed by atoms with van der Waals surface area (Å²) >= 11 is 0. The van der Waals surface area contributed by atoms with Gasteiger partial charge >= 0.3 is 0 Å². The molecule has 0 aromatic carbocycles. The quantitative estimate of drug-likeness (QED) is 0.625. The standard InChI is InChI=1S/C10H17FN2O/c1-12(2)6-3-4-10(14)13-7-5-9(11)8-13/h3-4,9H,5-8H2,1-2H3/b4-3+. The first-order chi connectivity index (χ1) is 6.59. The van der Waals surface area contributed by atoms with Crippen LogP contribution in [-0.2, 0) is 4.79 Å². The van der Waals surface area contributed by atoms with Crippen LogP contribution >= 0.6 is 0 Å². The largest absolute Gasteiger partial charge is 0.336 e. The predicted octanol–water partition coefficient (Wildman–Crippen LogP) is 0.675. The number of carbonyl (C=O) groups is 1. The van der Waals surface area contributed by atoms with Crippen LogP contribution in [0, 0.1) is 0 Å². The molecule has 0 bridgehead atoms. The monoisotopic (exact) mass is 200 g/mol. The van der Waals surface area contributed by atoms with Gasteiger partial charge in [-0.15, -0.1) is 0 Å². The first-order valence-corrected chi connectivity index (χ1v) is 4.84. The van der Waals surface area contributed by atoms with Crippen molar-refractivity contribution in [3.8, 4) is 0 Å². The van der Waals surface area contributed by atoms with Crippen molar-refractivity contribution in [3.05, 3.63) is 12.2 Å². The number of rotatable bonds is 3. The molecular formula is C10H17FN2O. The molecule has 1 atom stereocenters. The normalized spacial score (nSPS) is 22.6. The highest BCUT2D eigenvalue weighted by molar-refractivity contribution is 5.87. The maximum Gasteiger partial charge on any atom is 0.246 e. The lowest BCUT2D eigenvalue weighted by Gasteiger charge is -2.12. The number of hydrogen-bond donors (Lipinski definition) is 0. The van der Waals surface area contributed by atoms with Crippen LogP contribution in [0.4, 0.5) is 4.39 Å². The highest BCUT2D eigenvalue weighted by Gasteiger charge is 2.23. The molecule has 1 fully saturated rings. The molecule has 1 aliphatic rings. The first kappa shape index (κ1) is 11.2. The topological polar surface area (TPSA) is 23.6 Å². The van der Waals surface area contributed by atoms with E-state index in [1.54, 1.807) is 11.0 Å². The second-order valence-electron chi connectivity index (χ2n) is 3.83. The molecule has 1 saturated heterocycles. The Labute approximate surface area is 84.2 Å². The summed E-state index contributed by atoms with van der Waals surface area (Å²) in [5.74, 6) is -0.0769. The lowest BCUT2D eigenvalue weighted by Crippen LogP contribution is -2.27. The van der Waals surface area contributed by atoms with Gasteiger partial charge in [-0.1, -0.05) is 6.08 Å². The molecule has 1 aliphatic heterocycles. The maximum absolute atomic E-state index is 12.8. The molecule has 0 spiro atoms. The van der Waals surface area contributed by atoms with E-state index in [1.807, 2.05) is 19.0 Å². The van der Waals surface area contributed by atoms with Crippen LogP contribution in [0.2, 0.25) is 0 Å². The summed E-state index contributed by atoms with van der Waals surface area (Å²) in [7, 11) is 3.87. The average molecular weight is 200 g/mol. The van der Waals surface area contributed by atoms with Gasteiger partial charge in [-0.2, -0.15) is 0 Å². The molecule has 0 aromatic rings. The highest BCUT2D eigenvalue weighted by atomic mass is 19.1. The Balaban J connectivity index is 2.31. The van der Waals surface area contributed by atoms with Gasteiger partial charge in [0.25, 0.3) is 0 Å². The van der Waals surface area contributed by atoms with E-state index < -0.39 is 6.17 Å². The van der Waals surface area contributed by atoms with Crippen LogP contribution in [0.3, 0.4) is 0 Å². The van der Waals surface area contributed by atoms with E-state index in [0.29, 0.717) is 13.0 Å². The second kappa shape index (κ2) is 5.10. The van der Waals surface area contributed by atoms with Crippen molar-refractivity contribution >= 4 is 5.91 Å². The summed E-state index contributed by atoms with van der Waals surface area (Å²) in [4.78, 5) is 14.9. The van der Waals surface area contributed by atoms with Crippen molar-refractivity contribution in [2.75, 3.05) is 33.7 Å². The third-order valence-electron chi connectivity index (χ3n) is 2.17. The highest BCUT2D eigenvalue weighted by Crippen LogP contribution is 2.12. The Morgan fingerprint density at radius 3 is 2.86 bits per heavy atom. The van der Waals surface area contributed by atoms with Crippen LogP contribution in [-0.4, -0.2) is 55.6 Å². The van der Waals surface area contributed by atoms with Crippen molar-refractivity contribution in [1.82, 2.24) is 9.80 Å². The fraction of sp³-hybridized carbons (Fsp3) is 0.700. The van der Waals surface area contributed by atoms with Gasteiger partial charge in [0.05, 0.1) is 6.54 Å². The van der Waals surface area contributed by atoms with E-state index in [1.165, 1.54) is 6.08 Å². The molecule has 4 heteroatoms. The fourth-order valence-electron chi connectivity index (χ4n) is 1.39. The number of alkyl halides is 1. The van der Waals surface area contributed by atoms with Gasteiger partial charge in [-0.25, -0.2) is 4.39 Å². The fourth-order valence-corrected chi connectivity index (χ4v) is 1.39. The van der Waals surface area contributed by atoms with Crippen LogP contribution in [0.5, 0.6) is 0 Å². The summed E-state index contributed by atoms with van der Waals surface area (Å²) < 4.78 is 12.8. The smallest absolute Gasteiger partial charge is 0.246 e. The number of amides is 1. The molecular weight excluding hydrogens is 183 g/mol. The van der Waals surface area contributed by atoms with Gasteiger partial charge in [0.15, 0.2) is 0 Å². The zero-order chi connectivity index (χ0) is 10.6. The van der Waals surface area contributed by atoms with Crippen LogP contribution < -0.4 is 0 Å². The number of halogens is 1. The Morgan fingerprint density at radius 1 is 1.64 bits per heavy atom. The Kier molecular flexibility index (Phi) is 4.07. The summed E-state index contributed by atoms with van der Waals surface area (Å²) in [6.07, 6.45) is 2.97. The minimum Gasteiger partial charge on any atom is -0.336 e. The van der Waals surface area contributed by atoms with Crippen molar-refractivity contribution in [2.24, 2.45) is 0 Å². The van der Waals surface area contributed by atoms with E-state index >= 15 is 0 Å².